The topological polar surface area (TPSA) is 96.5 Å². The number of anilines is 1. The smallest absolute Gasteiger partial charge is 0.408 e. The van der Waals surface area contributed by atoms with E-state index in [1.165, 1.54) is 7.05 Å². The van der Waals surface area contributed by atoms with Crippen LogP contribution in [0.1, 0.15) is 17.2 Å². The molecule has 3 amide bonds. The lowest BCUT2D eigenvalue weighted by Gasteiger charge is -2.18. The molecular weight excluding hydrogens is 370 g/mol. The number of halogens is 1. The van der Waals surface area contributed by atoms with Gasteiger partial charge in [-0.25, -0.2) is 4.79 Å². The van der Waals surface area contributed by atoms with E-state index in [0.29, 0.717) is 11.3 Å². The average molecular weight is 390 g/mol. The molecule has 0 aliphatic carbocycles. The second-order valence-corrected chi connectivity index (χ2v) is 5.83. The molecule has 0 radical (unpaired) electrons. The van der Waals surface area contributed by atoms with Gasteiger partial charge in [0.1, 0.15) is 18.5 Å². The van der Waals surface area contributed by atoms with E-state index in [1.807, 2.05) is 30.3 Å². The van der Waals surface area contributed by atoms with Crippen LogP contribution in [0.2, 0.25) is 0 Å². The van der Waals surface area contributed by atoms with E-state index in [2.05, 4.69) is 16.0 Å². The van der Waals surface area contributed by atoms with Gasteiger partial charge in [0.15, 0.2) is 0 Å². The molecule has 0 saturated heterocycles. The molecule has 0 aromatic heterocycles. The molecule has 2 aromatic rings. The van der Waals surface area contributed by atoms with Crippen molar-refractivity contribution in [3.8, 4) is 0 Å². The molecule has 1 atom stereocenters. The van der Waals surface area contributed by atoms with E-state index in [1.54, 1.807) is 24.3 Å². The van der Waals surface area contributed by atoms with Gasteiger partial charge in [0.2, 0.25) is 11.8 Å². The molecule has 0 unspecified atom stereocenters. The third kappa shape index (κ3) is 6.31. The van der Waals surface area contributed by atoms with Gasteiger partial charge < -0.3 is 20.7 Å². The zero-order chi connectivity index (χ0) is 19.6. The minimum Gasteiger partial charge on any atom is -0.445 e. The van der Waals surface area contributed by atoms with Crippen LogP contribution in [0.4, 0.5) is 10.5 Å². The van der Waals surface area contributed by atoms with Crippen molar-refractivity contribution in [3.05, 3.63) is 65.7 Å². The normalized spacial score (nSPS) is 11.2. The van der Waals surface area contributed by atoms with Crippen molar-refractivity contribution in [3.63, 3.8) is 0 Å². The van der Waals surface area contributed by atoms with Crippen LogP contribution in [-0.4, -0.2) is 30.8 Å². The largest absolute Gasteiger partial charge is 0.445 e. The lowest BCUT2D eigenvalue weighted by Crippen LogP contribution is -2.39. The van der Waals surface area contributed by atoms with Gasteiger partial charge in [0.25, 0.3) is 0 Å². The lowest BCUT2D eigenvalue weighted by atomic mass is 10.1. The monoisotopic (exact) mass is 389 g/mol. The highest BCUT2D eigenvalue weighted by atomic mass is 35.5. The van der Waals surface area contributed by atoms with Crippen molar-refractivity contribution < 1.29 is 19.1 Å². The highest BCUT2D eigenvalue weighted by Crippen LogP contribution is 2.19. The number of carbonyl (C=O) groups is 3. The Morgan fingerprint density at radius 2 is 1.81 bits per heavy atom. The Hall–Kier alpha value is -3.06. The molecule has 27 heavy (non-hydrogen) atoms. The average Bonchev–Trinajstić information content (AvgIpc) is 2.70. The predicted molar refractivity (Wildman–Crippen MR) is 102 cm³/mol. The van der Waals surface area contributed by atoms with Crippen molar-refractivity contribution in [2.24, 2.45) is 0 Å². The minimum absolute atomic E-state index is 0.0823. The van der Waals surface area contributed by atoms with Crippen LogP contribution in [0, 0.1) is 0 Å². The molecule has 8 heteroatoms. The Bertz CT molecular complexity index is 799. The molecule has 142 valence electrons. The second kappa shape index (κ2) is 10.2. The molecule has 0 spiro atoms. The third-order valence-electron chi connectivity index (χ3n) is 3.61. The standard InChI is InChI=1S/C19H20ClN3O4/c1-21-18(25)17(14-8-5-9-15(10-14)22-16(24)11-20)23-19(26)27-12-13-6-3-2-4-7-13/h2-10,17H,11-12H2,1H3,(H,21,25)(H,22,24)(H,23,26)/t17-/m0/s1. The number of carbonyl (C=O) groups excluding carboxylic acids is 3. The van der Waals surface area contributed by atoms with Crippen molar-refractivity contribution >= 4 is 35.2 Å². The fraction of sp³-hybridized carbons (Fsp3) is 0.211. The van der Waals surface area contributed by atoms with Crippen LogP contribution >= 0.6 is 11.6 Å². The summed E-state index contributed by atoms with van der Waals surface area (Å²) in [6.45, 7) is 0.0823. The number of alkyl carbamates (subject to hydrolysis) is 1. The van der Waals surface area contributed by atoms with Crippen LogP contribution < -0.4 is 16.0 Å². The van der Waals surface area contributed by atoms with E-state index in [9.17, 15) is 14.4 Å². The number of benzene rings is 2. The van der Waals surface area contributed by atoms with Crippen molar-refractivity contribution in [2.75, 3.05) is 18.2 Å². The maximum Gasteiger partial charge on any atom is 0.408 e. The van der Waals surface area contributed by atoms with E-state index in [-0.39, 0.29) is 18.4 Å². The maximum absolute atomic E-state index is 12.2. The summed E-state index contributed by atoms with van der Waals surface area (Å²) in [5.74, 6) is -0.985. The zero-order valence-corrected chi connectivity index (χ0v) is 15.5. The number of hydrogen-bond acceptors (Lipinski definition) is 4. The molecule has 0 heterocycles. The summed E-state index contributed by atoms with van der Waals surface area (Å²) in [6.07, 6.45) is -0.734. The van der Waals surface area contributed by atoms with E-state index >= 15 is 0 Å². The van der Waals surface area contributed by atoms with Crippen LogP contribution in [0.25, 0.3) is 0 Å². The zero-order valence-electron chi connectivity index (χ0n) is 14.7. The van der Waals surface area contributed by atoms with Gasteiger partial charge >= 0.3 is 6.09 Å². The first-order chi connectivity index (χ1) is 13.0. The van der Waals surface area contributed by atoms with Gasteiger partial charge in [-0.3, -0.25) is 9.59 Å². The summed E-state index contributed by atoms with van der Waals surface area (Å²) in [7, 11) is 1.46. The SMILES string of the molecule is CNC(=O)[C@@H](NC(=O)OCc1ccccc1)c1cccc(NC(=O)CCl)c1. The number of likely N-dealkylation sites (N-methyl/N-ethyl adjacent to an activating group) is 1. The highest BCUT2D eigenvalue weighted by molar-refractivity contribution is 6.29. The Labute approximate surface area is 162 Å². The number of hydrogen-bond donors (Lipinski definition) is 3. The van der Waals surface area contributed by atoms with Crippen LogP contribution in [0.5, 0.6) is 0 Å². The summed E-state index contributed by atoms with van der Waals surface area (Å²) in [4.78, 5) is 35.8. The molecular formula is C19H20ClN3O4. The summed E-state index contributed by atoms with van der Waals surface area (Å²) in [6, 6.07) is 14.8. The molecule has 0 bridgehead atoms. The fourth-order valence-corrected chi connectivity index (χ4v) is 2.38. The number of alkyl halides is 1. The Morgan fingerprint density at radius 1 is 1.07 bits per heavy atom. The number of ether oxygens (including phenoxy) is 1. The van der Waals surface area contributed by atoms with E-state index in [4.69, 9.17) is 16.3 Å². The molecule has 3 N–H and O–H groups in total. The number of rotatable bonds is 7. The van der Waals surface area contributed by atoms with Gasteiger partial charge in [-0.05, 0) is 23.3 Å². The van der Waals surface area contributed by atoms with Crippen LogP contribution in [-0.2, 0) is 20.9 Å². The molecule has 0 aliphatic heterocycles. The first-order valence-corrected chi connectivity index (χ1v) is 8.71. The molecule has 0 saturated carbocycles. The minimum atomic E-state index is -0.980. The van der Waals surface area contributed by atoms with Gasteiger partial charge in [-0.2, -0.15) is 0 Å². The van der Waals surface area contributed by atoms with Crippen LogP contribution in [0.15, 0.2) is 54.6 Å². The molecule has 0 aliphatic rings. The van der Waals surface area contributed by atoms with Crippen LogP contribution in [0.3, 0.4) is 0 Å². The molecule has 2 rings (SSSR count). The highest BCUT2D eigenvalue weighted by Gasteiger charge is 2.23. The quantitative estimate of drug-likeness (QED) is 0.634. The lowest BCUT2D eigenvalue weighted by molar-refractivity contribution is -0.122. The number of nitrogens with one attached hydrogen (secondary N) is 3. The number of amides is 3. The summed E-state index contributed by atoms with van der Waals surface area (Å²) < 4.78 is 5.17. The van der Waals surface area contributed by atoms with Gasteiger partial charge in [0, 0.05) is 12.7 Å². The predicted octanol–water partition coefficient (Wildman–Crippen LogP) is 2.58. The van der Waals surface area contributed by atoms with Gasteiger partial charge in [-0.1, -0.05) is 42.5 Å². The fourth-order valence-electron chi connectivity index (χ4n) is 2.32. The van der Waals surface area contributed by atoms with Crippen molar-refractivity contribution in [1.29, 1.82) is 0 Å². The maximum atomic E-state index is 12.2. The summed E-state index contributed by atoms with van der Waals surface area (Å²) >= 11 is 5.48. The first-order valence-electron chi connectivity index (χ1n) is 8.18. The Morgan fingerprint density at radius 3 is 2.48 bits per heavy atom. The molecule has 7 nitrogen and oxygen atoms in total. The first kappa shape index (κ1) is 20.3. The van der Waals surface area contributed by atoms with Crippen molar-refractivity contribution in [2.45, 2.75) is 12.6 Å². The Balaban J connectivity index is 2.08. The molecule has 2 aromatic carbocycles. The Kier molecular flexibility index (Phi) is 7.63. The van der Waals surface area contributed by atoms with Crippen molar-refractivity contribution in [1.82, 2.24) is 10.6 Å². The van der Waals surface area contributed by atoms with E-state index in [0.717, 1.165) is 5.56 Å². The van der Waals surface area contributed by atoms with Gasteiger partial charge in [0.05, 0.1) is 0 Å². The van der Waals surface area contributed by atoms with E-state index < -0.39 is 18.0 Å². The van der Waals surface area contributed by atoms with Gasteiger partial charge in [-0.15, -0.1) is 11.6 Å². The summed E-state index contributed by atoms with van der Waals surface area (Å²) in [5, 5.41) is 7.63. The third-order valence-corrected chi connectivity index (χ3v) is 3.85. The second-order valence-electron chi connectivity index (χ2n) is 5.56. The summed E-state index contributed by atoms with van der Waals surface area (Å²) in [5.41, 5.74) is 1.78. The molecule has 0 fully saturated rings.